The van der Waals surface area contributed by atoms with Crippen molar-refractivity contribution in [3.05, 3.63) is 64.4 Å². The molecule has 16 nitrogen and oxygen atoms in total. The molecule has 0 atom stereocenters. The molecule has 0 aliphatic heterocycles. The number of benzene rings is 2. The average Bonchev–Trinajstić information content (AvgIpc) is 3.70. The third-order valence-corrected chi connectivity index (χ3v) is 7.76. The van der Waals surface area contributed by atoms with E-state index < -0.39 is 47.5 Å². The van der Waals surface area contributed by atoms with E-state index in [2.05, 4.69) is 51.7 Å². The van der Waals surface area contributed by atoms with E-state index in [1.807, 2.05) is 12.1 Å². The van der Waals surface area contributed by atoms with E-state index in [0.717, 1.165) is 5.56 Å². The lowest BCUT2D eigenvalue weighted by atomic mass is 9.93. The van der Waals surface area contributed by atoms with Gasteiger partial charge < -0.3 is 31.7 Å². The highest BCUT2D eigenvalue weighted by Gasteiger charge is 2.45. The van der Waals surface area contributed by atoms with Gasteiger partial charge in [-0.05, 0) is 71.5 Å². The lowest BCUT2D eigenvalue weighted by molar-refractivity contribution is -0.154. The molecule has 0 saturated heterocycles. The summed E-state index contributed by atoms with van der Waals surface area (Å²) in [4.78, 5) is 48.6. The monoisotopic (exact) mass is 716 g/mol. The fourth-order valence-electron chi connectivity index (χ4n) is 4.72. The van der Waals surface area contributed by atoms with Crippen LogP contribution in [0.1, 0.15) is 48.4 Å². The summed E-state index contributed by atoms with van der Waals surface area (Å²) >= 11 is 6.05. The number of aryl methyl sites for hydroxylation is 1. The van der Waals surface area contributed by atoms with Gasteiger partial charge in [-0.25, -0.2) is 0 Å². The SMILES string of the molecule is Cc1nnnn1-c1cc(Nc2nc(NC3(c4ccc(Cl)cc4)CC3)nc(OCC(F)(F)F)n2)ccc1C(=O)NCC(C)(C)CNC(=O)C(N)=O. The van der Waals surface area contributed by atoms with Gasteiger partial charge in [0.2, 0.25) is 11.9 Å². The summed E-state index contributed by atoms with van der Waals surface area (Å²) in [6, 6.07) is 11.1. The molecular formula is C30H32ClF3N12O4. The Morgan fingerprint density at radius 1 is 1.00 bits per heavy atom. The first-order valence-electron chi connectivity index (χ1n) is 15.0. The van der Waals surface area contributed by atoms with Gasteiger partial charge in [0.25, 0.3) is 5.91 Å². The normalized spacial score (nSPS) is 13.7. The maximum absolute atomic E-state index is 13.4. The molecule has 2 aromatic heterocycles. The highest BCUT2D eigenvalue weighted by molar-refractivity contribution is 6.34. The van der Waals surface area contributed by atoms with Gasteiger partial charge in [-0.1, -0.05) is 37.6 Å². The summed E-state index contributed by atoms with van der Waals surface area (Å²) < 4.78 is 45.3. The third-order valence-electron chi connectivity index (χ3n) is 7.51. The van der Waals surface area contributed by atoms with Crippen molar-refractivity contribution < 1.29 is 32.3 Å². The van der Waals surface area contributed by atoms with Gasteiger partial charge in [0.15, 0.2) is 12.4 Å². The summed E-state index contributed by atoms with van der Waals surface area (Å²) in [7, 11) is 0. The van der Waals surface area contributed by atoms with Crippen LogP contribution in [0.2, 0.25) is 5.02 Å². The predicted octanol–water partition coefficient (Wildman–Crippen LogP) is 2.95. The fraction of sp³-hybridized carbons (Fsp3) is 0.367. The van der Waals surface area contributed by atoms with Crippen molar-refractivity contribution in [3.63, 3.8) is 0 Å². The Morgan fingerprint density at radius 3 is 2.30 bits per heavy atom. The fourth-order valence-corrected chi connectivity index (χ4v) is 4.84. The Balaban J connectivity index is 1.41. The number of carbonyl (C=O) groups excluding carboxylic acids is 3. The molecule has 1 aliphatic rings. The molecule has 0 bridgehead atoms. The molecule has 20 heteroatoms. The van der Waals surface area contributed by atoms with E-state index in [4.69, 9.17) is 22.1 Å². The van der Waals surface area contributed by atoms with Gasteiger partial charge in [0.1, 0.15) is 0 Å². The van der Waals surface area contributed by atoms with E-state index in [-0.39, 0.29) is 36.2 Å². The van der Waals surface area contributed by atoms with E-state index in [1.54, 1.807) is 32.9 Å². The van der Waals surface area contributed by atoms with Crippen LogP contribution in [0.15, 0.2) is 42.5 Å². The third kappa shape index (κ3) is 9.10. The number of carbonyl (C=O) groups is 3. The van der Waals surface area contributed by atoms with E-state index in [9.17, 15) is 27.6 Å². The summed E-state index contributed by atoms with van der Waals surface area (Å²) in [5.74, 6) is -2.42. The number of alkyl halides is 3. The topological polar surface area (TPSA) is 217 Å². The van der Waals surface area contributed by atoms with Crippen LogP contribution in [0, 0.1) is 12.3 Å². The molecule has 2 aromatic carbocycles. The Hall–Kier alpha value is -5.59. The van der Waals surface area contributed by atoms with Gasteiger partial charge in [0.05, 0.1) is 16.8 Å². The first-order chi connectivity index (χ1) is 23.5. The summed E-state index contributed by atoms with van der Waals surface area (Å²) in [6.45, 7) is 3.67. The van der Waals surface area contributed by atoms with Gasteiger partial charge in [0, 0.05) is 23.8 Å². The summed E-state index contributed by atoms with van der Waals surface area (Å²) in [6.07, 6.45) is -3.23. The first kappa shape index (κ1) is 35.7. The number of hydrogen-bond donors (Lipinski definition) is 5. The zero-order chi connectivity index (χ0) is 36.3. The standard InChI is InChI=1S/C30H32ClF3N12O4/c1-16-43-44-45-46(16)21-12-19(8-9-20(21)23(48)36-13-28(2,3)14-37-24(49)22(35)47)38-25-39-26(41-27(40-25)50-15-30(32,33)34)42-29(10-11-29)17-4-6-18(31)7-5-17/h4-9,12H,10-11,13-15H2,1-3H3,(H2,35,47)(H,36,48)(H,37,49)(H2,38,39,40,41,42). The highest BCUT2D eigenvalue weighted by atomic mass is 35.5. The van der Waals surface area contributed by atoms with Crippen molar-refractivity contribution in [1.82, 2.24) is 45.8 Å². The molecular weight excluding hydrogens is 685 g/mol. The first-order valence-corrected chi connectivity index (χ1v) is 15.4. The van der Waals surface area contributed by atoms with E-state index in [0.29, 0.717) is 29.4 Å². The van der Waals surface area contributed by atoms with Gasteiger partial charge in [-0.3, -0.25) is 14.4 Å². The van der Waals surface area contributed by atoms with Crippen LogP contribution in [0.3, 0.4) is 0 Å². The maximum Gasteiger partial charge on any atom is 0.422 e. The van der Waals surface area contributed by atoms with Crippen molar-refractivity contribution in [2.24, 2.45) is 11.1 Å². The number of nitrogens with one attached hydrogen (secondary N) is 4. The molecule has 4 aromatic rings. The van der Waals surface area contributed by atoms with Crippen molar-refractivity contribution in [1.29, 1.82) is 0 Å². The van der Waals surface area contributed by atoms with Crippen LogP contribution in [0.4, 0.5) is 30.8 Å². The second-order valence-electron chi connectivity index (χ2n) is 12.3. The number of amides is 3. The lowest BCUT2D eigenvalue weighted by Gasteiger charge is -2.25. The average molecular weight is 717 g/mol. The van der Waals surface area contributed by atoms with Crippen LogP contribution >= 0.6 is 11.6 Å². The molecule has 0 radical (unpaired) electrons. The largest absolute Gasteiger partial charge is 0.454 e. The molecule has 1 fully saturated rings. The molecule has 1 aliphatic carbocycles. The van der Waals surface area contributed by atoms with Crippen molar-refractivity contribution >= 4 is 46.9 Å². The van der Waals surface area contributed by atoms with Gasteiger partial charge >= 0.3 is 24.0 Å². The number of tetrazole rings is 1. The second-order valence-corrected chi connectivity index (χ2v) is 12.7. The van der Waals surface area contributed by atoms with Gasteiger partial charge in [-0.15, -0.1) is 5.10 Å². The molecule has 0 spiro atoms. The van der Waals surface area contributed by atoms with Crippen molar-refractivity contribution in [2.75, 3.05) is 30.3 Å². The number of primary amides is 1. The number of nitrogens with two attached hydrogens (primary N) is 1. The zero-order valence-corrected chi connectivity index (χ0v) is 27.7. The Morgan fingerprint density at radius 2 is 1.68 bits per heavy atom. The predicted molar refractivity (Wildman–Crippen MR) is 173 cm³/mol. The second kappa shape index (κ2) is 14.1. The molecule has 1 saturated carbocycles. The van der Waals surface area contributed by atoms with E-state index >= 15 is 0 Å². The molecule has 5 rings (SSSR count). The number of anilines is 3. The lowest BCUT2D eigenvalue weighted by Crippen LogP contribution is -2.45. The molecule has 3 amide bonds. The minimum Gasteiger partial charge on any atom is -0.454 e. The van der Waals surface area contributed by atoms with Crippen molar-refractivity contribution in [3.8, 4) is 11.7 Å². The smallest absolute Gasteiger partial charge is 0.422 e. The number of ether oxygens (including phenoxy) is 1. The van der Waals surface area contributed by atoms with E-state index in [1.165, 1.54) is 22.9 Å². The molecule has 264 valence electrons. The Kier molecular flexibility index (Phi) is 10.1. The number of nitrogens with zero attached hydrogens (tertiary/aromatic N) is 7. The maximum atomic E-state index is 13.4. The van der Waals surface area contributed by atoms with Crippen LogP contribution in [-0.2, 0) is 15.1 Å². The minimum atomic E-state index is -4.64. The van der Waals surface area contributed by atoms with Crippen LogP contribution in [0.5, 0.6) is 6.01 Å². The number of aromatic nitrogens is 7. The van der Waals surface area contributed by atoms with Crippen LogP contribution < -0.4 is 31.7 Å². The summed E-state index contributed by atoms with van der Waals surface area (Å²) in [5, 5.41) is 23.5. The molecule has 0 unspecified atom stereocenters. The highest BCUT2D eigenvalue weighted by Crippen LogP contribution is 2.48. The van der Waals surface area contributed by atoms with Gasteiger partial charge in [-0.2, -0.15) is 32.8 Å². The molecule has 50 heavy (non-hydrogen) atoms. The number of hydrogen-bond acceptors (Lipinski definition) is 12. The summed E-state index contributed by atoms with van der Waals surface area (Å²) in [5.41, 5.74) is 5.37. The van der Waals surface area contributed by atoms with Crippen LogP contribution in [0.25, 0.3) is 5.69 Å². The van der Waals surface area contributed by atoms with Crippen molar-refractivity contribution in [2.45, 2.75) is 45.3 Å². The Bertz CT molecular complexity index is 1900. The minimum absolute atomic E-state index is 0.0331. The molecule has 6 N–H and O–H groups in total. The quantitative estimate of drug-likeness (QED) is 0.126. The number of rotatable bonds is 13. The Labute approximate surface area is 287 Å². The van der Waals surface area contributed by atoms with Crippen LogP contribution in [-0.4, -0.2) is 78.8 Å². The number of halogens is 4. The molecule has 2 heterocycles. The zero-order valence-electron chi connectivity index (χ0n) is 26.9.